The first kappa shape index (κ1) is 15.0. The van der Waals surface area contributed by atoms with Gasteiger partial charge in [-0.15, -0.1) is 0 Å². The van der Waals surface area contributed by atoms with Gasteiger partial charge in [-0.25, -0.2) is 0 Å². The van der Waals surface area contributed by atoms with Gasteiger partial charge in [0.25, 0.3) is 0 Å². The van der Waals surface area contributed by atoms with Crippen molar-refractivity contribution in [2.45, 2.75) is 52.0 Å². The van der Waals surface area contributed by atoms with Gasteiger partial charge in [0.1, 0.15) is 0 Å². The average Bonchev–Trinajstić information content (AvgIpc) is 2.74. The SMILES string of the molecule is CCCC(CN)(CCC)C(=O)NC1CNC(=O)C1. The van der Waals surface area contributed by atoms with Crippen molar-refractivity contribution in [3.63, 3.8) is 0 Å². The number of hydrogen-bond acceptors (Lipinski definition) is 3. The molecule has 5 heteroatoms. The molecule has 0 bridgehead atoms. The van der Waals surface area contributed by atoms with E-state index in [-0.39, 0.29) is 17.9 Å². The first-order chi connectivity index (χ1) is 8.57. The summed E-state index contributed by atoms with van der Waals surface area (Å²) in [6.07, 6.45) is 3.86. The van der Waals surface area contributed by atoms with Crippen LogP contribution in [-0.2, 0) is 9.59 Å². The fourth-order valence-corrected chi connectivity index (χ4v) is 2.65. The standard InChI is InChI=1S/C13H25N3O2/c1-3-5-13(9-14,6-4-2)12(18)16-10-7-11(17)15-8-10/h10H,3-9,14H2,1-2H3,(H,15,17)(H,16,18). The van der Waals surface area contributed by atoms with Crippen LogP contribution in [0.3, 0.4) is 0 Å². The largest absolute Gasteiger partial charge is 0.354 e. The van der Waals surface area contributed by atoms with E-state index < -0.39 is 5.41 Å². The van der Waals surface area contributed by atoms with Crippen LogP contribution in [0, 0.1) is 5.41 Å². The Morgan fingerprint density at radius 3 is 2.44 bits per heavy atom. The summed E-state index contributed by atoms with van der Waals surface area (Å²) in [5.74, 6) is 0.0137. The van der Waals surface area contributed by atoms with Crippen molar-refractivity contribution in [3.05, 3.63) is 0 Å². The molecule has 4 N–H and O–H groups in total. The molecule has 0 radical (unpaired) electrons. The summed E-state index contributed by atoms with van der Waals surface area (Å²) in [5.41, 5.74) is 5.38. The van der Waals surface area contributed by atoms with Gasteiger partial charge in [0.05, 0.1) is 11.5 Å². The molecule has 1 atom stereocenters. The molecule has 1 aliphatic heterocycles. The van der Waals surface area contributed by atoms with Crippen molar-refractivity contribution < 1.29 is 9.59 Å². The van der Waals surface area contributed by atoms with E-state index in [2.05, 4.69) is 24.5 Å². The summed E-state index contributed by atoms with van der Waals surface area (Å²) in [7, 11) is 0. The fraction of sp³-hybridized carbons (Fsp3) is 0.846. The van der Waals surface area contributed by atoms with Gasteiger partial charge in [0.15, 0.2) is 0 Å². The van der Waals surface area contributed by atoms with Crippen LogP contribution in [0.1, 0.15) is 46.0 Å². The minimum absolute atomic E-state index is 0.00429. The lowest BCUT2D eigenvalue weighted by atomic mass is 9.78. The topological polar surface area (TPSA) is 84.2 Å². The van der Waals surface area contributed by atoms with Crippen LogP contribution in [0.4, 0.5) is 0 Å². The van der Waals surface area contributed by atoms with Crippen molar-refractivity contribution in [1.29, 1.82) is 0 Å². The molecule has 0 aromatic rings. The molecule has 0 saturated carbocycles. The molecule has 1 fully saturated rings. The molecule has 1 unspecified atom stereocenters. The summed E-state index contributed by atoms with van der Waals surface area (Å²) in [6.45, 7) is 5.03. The highest BCUT2D eigenvalue weighted by Gasteiger charge is 2.37. The average molecular weight is 255 g/mol. The number of carbonyl (C=O) groups is 2. The number of hydrogen-bond donors (Lipinski definition) is 3. The first-order valence-corrected chi connectivity index (χ1v) is 6.85. The molecule has 0 spiro atoms. The van der Waals surface area contributed by atoms with Gasteiger partial charge in [0, 0.05) is 19.5 Å². The van der Waals surface area contributed by atoms with Crippen molar-refractivity contribution >= 4 is 11.8 Å². The minimum atomic E-state index is -0.463. The minimum Gasteiger partial charge on any atom is -0.354 e. The maximum atomic E-state index is 12.4. The van der Waals surface area contributed by atoms with E-state index in [1.165, 1.54) is 0 Å². The Balaban J connectivity index is 2.66. The van der Waals surface area contributed by atoms with Crippen LogP contribution in [-0.4, -0.2) is 30.9 Å². The van der Waals surface area contributed by atoms with Gasteiger partial charge >= 0.3 is 0 Å². The molecule has 1 rings (SSSR count). The summed E-state index contributed by atoms with van der Waals surface area (Å²) in [6, 6.07) is -0.0790. The van der Waals surface area contributed by atoms with Crippen LogP contribution in [0.25, 0.3) is 0 Å². The molecule has 2 amide bonds. The van der Waals surface area contributed by atoms with E-state index in [1.807, 2.05) is 0 Å². The third kappa shape index (κ3) is 3.45. The molecule has 5 nitrogen and oxygen atoms in total. The van der Waals surface area contributed by atoms with Gasteiger partial charge in [-0.1, -0.05) is 26.7 Å². The highest BCUT2D eigenvalue weighted by atomic mass is 16.2. The normalized spacial score (nSPS) is 19.7. The third-order valence-corrected chi connectivity index (χ3v) is 3.64. The Morgan fingerprint density at radius 1 is 1.44 bits per heavy atom. The second kappa shape index (κ2) is 6.73. The van der Waals surface area contributed by atoms with E-state index in [0.29, 0.717) is 19.5 Å². The number of carbonyl (C=O) groups excluding carboxylic acids is 2. The van der Waals surface area contributed by atoms with Crippen molar-refractivity contribution in [1.82, 2.24) is 10.6 Å². The maximum Gasteiger partial charge on any atom is 0.227 e. The van der Waals surface area contributed by atoms with E-state index >= 15 is 0 Å². The van der Waals surface area contributed by atoms with Crippen LogP contribution < -0.4 is 16.4 Å². The number of rotatable bonds is 7. The van der Waals surface area contributed by atoms with Gasteiger partial charge in [-0.2, -0.15) is 0 Å². The Kier molecular flexibility index (Phi) is 5.59. The summed E-state index contributed by atoms with van der Waals surface area (Å²) in [4.78, 5) is 23.5. The van der Waals surface area contributed by atoms with Crippen molar-refractivity contribution in [3.8, 4) is 0 Å². The summed E-state index contributed by atoms with van der Waals surface area (Å²) in [5, 5.41) is 5.69. The summed E-state index contributed by atoms with van der Waals surface area (Å²) < 4.78 is 0. The second-order valence-electron chi connectivity index (χ2n) is 5.16. The monoisotopic (exact) mass is 255 g/mol. The predicted molar refractivity (Wildman–Crippen MR) is 70.9 cm³/mol. The lowest BCUT2D eigenvalue weighted by Crippen LogP contribution is -2.49. The van der Waals surface area contributed by atoms with E-state index in [1.54, 1.807) is 0 Å². The molecule has 0 aromatic heterocycles. The molecular weight excluding hydrogens is 230 g/mol. The van der Waals surface area contributed by atoms with E-state index in [9.17, 15) is 9.59 Å². The number of nitrogens with two attached hydrogens (primary N) is 1. The molecule has 1 heterocycles. The smallest absolute Gasteiger partial charge is 0.227 e. The lowest BCUT2D eigenvalue weighted by molar-refractivity contribution is -0.132. The molecule has 18 heavy (non-hydrogen) atoms. The molecule has 0 aromatic carbocycles. The molecule has 1 aliphatic rings. The molecule has 0 aliphatic carbocycles. The van der Waals surface area contributed by atoms with Crippen LogP contribution >= 0.6 is 0 Å². The van der Waals surface area contributed by atoms with E-state index in [0.717, 1.165) is 25.7 Å². The van der Waals surface area contributed by atoms with Gasteiger partial charge in [-0.3, -0.25) is 9.59 Å². The van der Waals surface area contributed by atoms with Crippen molar-refractivity contribution in [2.75, 3.05) is 13.1 Å². The van der Waals surface area contributed by atoms with Crippen LogP contribution in [0.5, 0.6) is 0 Å². The zero-order valence-electron chi connectivity index (χ0n) is 11.4. The molecule has 104 valence electrons. The highest BCUT2D eigenvalue weighted by Crippen LogP contribution is 2.29. The van der Waals surface area contributed by atoms with Crippen molar-refractivity contribution in [2.24, 2.45) is 11.1 Å². The maximum absolute atomic E-state index is 12.4. The van der Waals surface area contributed by atoms with Crippen LogP contribution in [0.2, 0.25) is 0 Å². The zero-order chi connectivity index (χ0) is 13.6. The zero-order valence-corrected chi connectivity index (χ0v) is 11.4. The Labute approximate surface area is 109 Å². The molecule has 1 saturated heterocycles. The van der Waals surface area contributed by atoms with Gasteiger partial charge in [-0.05, 0) is 12.8 Å². The van der Waals surface area contributed by atoms with Gasteiger partial charge < -0.3 is 16.4 Å². The Bertz CT molecular complexity index is 299. The Morgan fingerprint density at radius 2 is 2.06 bits per heavy atom. The lowest BCUT2D eigenvalue weighted by Gasteiger charge is -2.31. The number of amides is 2. The Hall–Kier alpha value is -1.10. The number of nitrogens with one attached hydrogen (secondary N) is 2. The highest BCUT2D eigenvalue weighted by molar-refractivity contribution is 5.85. The first-order valence-electron chi connectivity index (χ1n) is 6.85. The van der Waals surface area contributed by atoms with Crippen LogP contribution in [0.15, 0.2) is 0 Å². The quantitative estimate of drug-likeness (QED) is 0.620. The fourth-order valence-electron chi connectivity index (χ4n) is 2.65. The second-order valence-corrected chi connectivity index (χ2v) is 5.16. The van der Waals surface area contributed by atoms with Gasteiger partial charge in [0.2, 0.25) is 11.8 Å². The van der Waals surface area contributed by atoms with E-state index in [4.69, 9.17) is 5.73 Å². The predicted octanol–water partition coefficient (Wildman–Crippen LogP) is 0.536. The molecular formula is C13H25N3O2. The summed E-state index contributed by atoms with van der Waals surface area (Å²) >= 11 is 0. The third-order valence-electron chi connectivity index (χ3n) is 3.64.